The molecule has 8 heteroatoms. The molecule has 1 aliphatic heterocycles. The standard InChI is InChI=1S/C26H21BrN2O3S2/c1-16-6-11-22(17(2)12-16)29-25(31)23(34-26(29)33)14-18-4-3-5-21(13-18)32-15-24(30)28-20-9-7-19(27)8-10-20/h3-14H,15H2,1-2H3,(H,28,30)/b23-14-. The highest BCUT2D eigenvalue weighted by Gasteiger charge is 2.34. The smallest absolute Gasteiger partial charge is 0.270 e. The molecule has 1 heterocycles. The van der Waals surface area contributed by atoms with E-state index in [1.54, 1.807) is 35.2 Å². The third-order valence-electron chi connectivity index (χ3n) is 5.04. The fraction of sp³-hybridized carbons (Fsp3) is 0.115. The highest BCUT2D eigenvalue weighted by Crippen LogP contribution is 2.37. The van der Waals surface area contributed by atoms with E-state index < -0.39 is 0 Å². The van der Waals surface area contributed by atoms with Gasteiger partial charge in [-0.1, -0.05) is 69.7 Å². The number of carbonyl (C=O) groups is 2. The van der Waals surface area contributed by atoms with E-state index in [0.717, 1.165) is 26.9 Å². The van der Waals surface area contributed by atoms with Crippen molar-refractivity contribution in [3.63, 3.8) is 0 Å². The zero-order valence-electron chi connectivity index (χ0n) is 18.5. The topological polar surface area (TPSA) is 58.6 Å². The van der Waals surface area contributed by atoms with Crippen molar-refractivity contribution in [2.24, 2.45) is 0 Å². The first-order valence-electron chi connectivity index (χ1n) is 10.4. The van der Waals surface area contributed by atoms with E-state index in [4.69, 9.17) is 17.0 Å². The SMILES string of the molecule is Cc1ccc(N2C(=O)/C(=C/c3cccc(OCC(=O)Nc4ccc(Br)cc4)c3)SC2=S)c(C)c1. The van der Waals surface area contributed by atoms with Crippen molar-refractivity contribution in [2.45, 2.75) is 13.8 Å². The summed E-state index contributed by atoms with van der Waals surface area (Å²) < 4.78 is 7.09. The molecule has 2 amide bonds. The van der Waals surface area contributed by atoms with Gasteiger partial charge in [0.15, 0.2) is 10.9 Å². The molecule has 1 fully saturated rings. The molecule has 0 aromatic heterocycles. The first-order chi connectivity index (χ1) is 16.3. The van der Waals surface area contributed by atoms with Gasteiger partial charge in [0, 0.05) is 10.2 Å². The normalized spacial score (nSPS) is 14.6. The number of hydrogen-bond acceptors (Lipinski definition) is 5. The Morgan fingerprint density at radius 2 is 1.88 bits per heavy atom. The van der Waals surface area contributed by atoms with Crippen LogP contribution in [-0.4, -0.2) is 22.7 Å². The Morgan fingerprint density at radius 1 is 1.12 bits per heavy atom. The first-order valence-corrected chi connectivity index (χ1v) is 12.5. The largest absolute Gasteiger partial charge is 0.484 e. The number of benzene rings is 3. The summed E-state index contributed by atoms with van der Waals surface area (Å²) in [5, 5.41) is 2.79. The van der Waals surface area contributed by atoms with Crippen molar-refractivity contribution in [1.29, 1.82) is 0 Å². The van der Waals surface area contributed by atoms with E-state index in [1.807, 2.05) is 56.3 Å². The minimum Gasteiger partial charge on any atom is -0.484 e. The van der Waals surface area contributed by atoms with Crippen molar-refractivity contribution in [2.75, 3.05) is 16.8 Å². The van der Waals surface area contributed by atoms with E-state index in [2.05, 4.69) is 21.2 Å². The Morgan fingerprint density at radius 3 is 2.62 bits per heavy atom. The highest BCUT2D eigenvalue weighted by molar-refractivity contribution is 9.10. The van der Waals surface area contributed by atoms with Crippen LogP contribution in [0.2, 0.25) is 0 Å². The van der Waals surface area contributed by atoms with Gasteiger partial charge in [0.1, 0.15) is 5.75 Å². The first kappa shape index (κ1) is 24.2. The molecule has 0 saturated carbocycles. The minimum absolute atomic E-state index is 0.131. The van der Waals surface area contributed by atoms with Gasteiger partial charge in [0.05, 0.1) is 10.6 Å². The molecule has 0 aliphatic carbocycles. The predicted octanol–water partition coefficient (Wildman–Crippen LogP) is 6.49. The highest BCUT2D eigenvalue weighted by atomic mass is 79.9. The summed E-state index contributed by atoms with van der Waals surface area (Å²) in [5.74, 6) is 0.119. The van der Waals surface area contributed by atoms with Gasteiger partial charge in [-0.15, -0.1) is 0 Å². The van der Waals surface area contributed by atoms with Crippen LogP contribution in [0.1, 0.15) is 16.7 Å². The maximum absolute atomic E-state index is 13.1. The number of anilines is 2. The quantitative estimate of drug-likeness (QED) is 0.280. The molecule has 1 aliphatic rings. The Kier molecular flexibility index (Phi) is 7.50. The third kappa shape index (κ3) is 5.75. The van der Waals surface area contributed by atoms with Crippen LogP contribution in [0.25, 0.3) is 6.08 Å². The number of amides is 2. The van der Waals surface area contributed by atoms with Crippen LogP contribution in [0.5, 0.6) is 5.75 Å². The van der Waals surface area contributed by atoms with Crippen molar-refractivity contribution < 1.29 is 14.3 Å². The third-order valence-corrected chi connectivity index (χ3v) is 6.87. The van der Waals surface area contributed by atoms with E-state index in [9.17, 15) is 9.59 Å². The molecule has 1 saturated heterocycles. The number of nitrogens with zero attached hydrogens (tertiary/aromatic N) is 1. The molecule has 3 aromatic rings. The van der Waals surface area contributed by atoms with Crippen LogP contribution in [-0.2, 0) is 9.59 Å². The monoisotopic (exact) mass is 552 g/mol. The van der Waals surface area contributed by atoms with Gasteiger partial charge in [-0.2, -0.15) is 0 Å². The number of ether oxygens (including phenoxy) is 1. The number of nitrogens with one attached hydrogen (secondary N) is 1. The van der Waals surface area contributed by atoms with Crippen LogP contribution in [0.15, 0.2) is 76.1 Å². The lowest BCUT2D eigenvalue weighted by Crippen LogP contribution is -2.28. The van der Waals surface area contributed by atoms with Gasteiger partial charge in [0.25, 0.3) is 11.8 Å². The second kappa shape index (κ2) is 10.5. The average Bonchev–Trinajstić information content (AvgIpc) is 3.07. The maximum Gasteiger partial charge on any atom is 0.270 e. The van der Waals surface area contributed by atoms with Gasteiger partial charge in [-0.25, -0.2) is 0 Å². The van der Waals surface area contributed by atoms with Crippen LogP contribution in [0.4, 0.5) is 11.4 Å². The zero-order chi connectivity index (χ0) is 24.2. The molecule has 0 spiro atoms. The average molecular weight is 554 g/mol. The summed E-state index contributed by atoms with van der Waals surface area (Å²) in [5.41, 5.74) is 4.40. The van der Waals surface area contributed by atoms with Gasteiger partial charge in [0.2, 0.25) is 0 Å². The molecule has 0 bridgehead atoms. The van der Waals surface area contributed by atoms with E-state index in [1.165, 1.54) is 11.8 Å². The number of rotatable bonds is 6. The Hall–Kier alpha value is -2.94. The summed E-state index contributed by atoms with van der Waals surface area (Å²) in [6.07, 6.45) is 1.79. The molecule has 172 valence electrons. The molecule has 0 atom stereocenters. The fourth-order valence-electron chi connectivity index (χ4n) is 3.46. The number of halogens is 1. The van der Waals surface area contributed by atoms with Crippen LogP contribution >= 0.6 is 39.9 Å². The number of aryl methyl sites for hydroxylation is 2. The Balaban J connectivity index is 1.43. The van der Waals surface area contributed by atoms with Crippen LogP contribution in [0.3, 0.4) is 0 Å². The van der Waals surface area contributed by atoms with Gasteiger partial charge in [-0.05, 0) is 73.5 Å². The lowest BCUT2D eigenvalue weighted by Gasteiger charge is -2.17. The summed E-state index contributed by atoms with van der Waals surface area (Å²) in [6, 6.07) is 20.5. The lowest BCUT2D eigenvalue weighted by atomic mass is 10.1. The minimum atomic E-state index is -0.262. The molecule has 1 N–H and O–H groups in total. The number of thioether (sulfide) groups is 1. The number of carbonyl (C=O) groups excluding carboxylic acids is 2. The molecule has 34 heavy (non-hydrogen) atoms. The number of hydrogen-bond donors (Lipinski definition) is 1. The molecule has 3 aromatic carbocycles. The zero-order valence-corrected chi connectivity index (χ0v) is 21.7. The summed E-state index contributed by atoms with van der Waals surface area (Å²) in [4.78, 5) is 27.4. The summed E-state index contributed by atoms with van der Waals surface area (Å²) in [6.45, 7) is 3.85. The second-order valence-electron chi connectivity index (χ2n) is 7.72. The molecule has 0 radical (unpaired) electrons. The predicted molar refractivity (Wildman–Crippen MR) is 146 cm³/mol. The molecule has 5 nitrogen and oxygen atoms in total. The van der Waals surface area contributed by atoms with Crippen molar-refractivity contribution in [3.05, 3.63) is 92.8 Å². The summed E-state index contributed by atoms with van der Waals surface area (Å²) in [7, 11) is 0. The van der Waals surface area contributed by atoms with Gasteiger partial charge >= 0.3 is 0 Å². The van der Waals surface area contributed by atoms with E-state index >= 15 is 0 Å². The molecule has 0 unspecified atom stereocenters. The lowest BCUT2D eigenvalue weighted by molar-refractivity contribution is -0.118. The van der Waals surface area contributed by atoms with Gasteiger partial charge in [-0.3, -0.25) is 14.5 Å². The molecular weight excluding hydrogens is 532 g/mol. The van der Waals surface area contributed by atoms with E-state index in [-0.39, 0.29) is 18.4 Å². The van der Waals surface area contributed by atoms with Crippen molar-refractivity contribution >= 4 is 73.5 Å². The maximum atomic E-state index is 13.1. The number of thiocarbonyl (C=S) groups is 1. The van der Waals surface area contributed by atoms with Crippen molar-refractivity contribution in [3.8, 4) is 5.75 Å². The Bertz CT molecular complexity index is 1310. The van der Waals surface area contributed by atoms with Gasteiger partial charge < -0.3 is 10.1 Å². The van der Waals surface area contributed by atoms with Crippen LogP contribution in [0, 0.1) is 13.8 Å². The second-order valence-corrected chi connectivity index (χ2v) is 10.3. The molecule has 4 rings (SSSR count). The van der Waals surface area contributed by atoms with Crippen molar-refractivity contribution in [1.82, 2.24) is 0 Å². The summed E-state index contributed by atoms with van der Waals surface area (Å²) >= 11 is 10.1. The molecular formula is C26H21BrN2O3S2. The Labute approximate surface area is 216 Å². The fourth-order valence-corrected chi connectivity index (χ4v) is 5.01. The van der Waals surface area contributed by atoms with E-state index in [0.29, 0.717) is 20.7 Å². The van der Waals surface area contributed by atoms with Crippen LogP contribution < -0.4 is 15.0 Å².